The quantitative estimate of drug-likeness (QED) is 0.299. The van der Waals surface area contributed by atoms with Crippen LogP contribution in [-0.2, 0) is 9.59 Å². The van der Waals surface area contributed by atoms with Gasteiger partial charge < -0.3 is 9.84 Å². The summed E-state index contributed by atoms with van der Waals surface area (Å²) in [4.78, 5) is 31.8. The monoisotopic (exact) mass is 317 g/mol. The second kappa shape index (κ2) is 5.58. The Balaban J connectivity index is 2.89. The number of carbonyl (C=O) groups excluding carboxylic acids is 1. The number of nitro groups is 1. The molecule has 0 aliphatic rings. The Morgan fingerprint density at radius 2 is 2.11 bits per heavy atom. The summed E-state index contributed by atoms with van der Waals surface area (Å²) in [6.45, 7) is 1.18. The SMILES string of the molecule is CC(C(=O)O)C(=O)Oc1ccc([N+](=O)[O-])cc1Br. The highest BCUT2D eigenvalue weighted by atomic mass is 79.9. The number of carbonyl (C=O) groups is 2. The number of hydrogen-bond donors (Lipinski definition) is 1. The number of ether oxygens (including phenoxy) is 1. The van der Waals surface area contributed by atoms with Crippen molar-refractivity contribution in [3.05, 3.63) is 32.8 Å². The molecule has 0 heterocycles. The zero-order chi connectivity index (χ0) is 13.9. The van der Waals surface area contributed by atoms with Crippen LogP contribution < -0.4 is 4.74 Å². The molecule has 1 aromatic rings. The van der Waals surface area contributed by atoms with E-state index in [1.54, 1.807) is 0 Å². The van der Waals surface area contributed by atoms with Crippen molar-refractivity contribution in [1.82, 2.24) is 0 Å². The van der Waals surface area contributed by atoms with Crippen LogP contribution in [0.15, 0.2) is 22.7 Å². The summed E-state index contributed by atoms with van der Waals surface area (Å²) >= 11 is 3.00. The fourth-order valence-electron chi connectivity index (χ4n) is 0.984. The number of carboxylic acids is 1. The predicted octanol–water partition coefficient (Wildman–Crippen LogP) is 1.98. The maximum Gasteiger partial charge on any atom is 0.325 e. The van der Waals surface area contributed by atoms with E-state index in [4.69, 9.17) is 9.84 Å². The van der Waals surface area contributed by atoms with Gasteiger partial charge in [-0.25, -0.2) is 0 Å². The number of hydrogen-bond acceptors (Lipinski definition) is 5. The Bertz CT molecular complexity index is 515. The third-order valence-electron chi connectivity index (χ3n) is 2.06. The minimum absolute atomic E-state index is 0.0266. The van der Waals surface area contributed by atoms with Crippen LogP contribution in [0.25, 0.3) is 0 Å². The first-order valence-corrected chi connectivity index (χ1v) is 5.50. The molecule has 8 heteroatoms. The molecule has 0 amide bonds. The topological polar surface area (TPSA) is 107 Å². The number of rotatable bonds is 4. The zero-order valence-corrected chi connectivity index (χ0v) is 10.7. The van der Waals surface area contributed by atoms with Crippen molar-refractivity contribution in [2.24, 2.45) is 5.92 Å². The van der Waals surface area contributed by atoms with Crippen LogP contribution in [0.4, 0.5) is 5.69 Å². The molecule has 0 aliphatic carbocycles. The molecular formula is C10H8BrNO6. The maximum atomic E-state index is 11.4. The van der Waals surface area contributed by atoms with Gasteiger partial charge in [-0.15, -0.1) is 0 Å². The smallest absolute Gasteiger partial charge is 0.325 e. The molecule has 0 saturated heterocycles. The average molecular weight is 318 g/mol. The van der Waals surface area contributed by atoms with Crippen LogP contribution in [0.1, 0.15) is 6.92 Å². The van der Waals surface area contributed by atoms with Crippen molar-refractivity contribution in [3.63, 3.8) is 0 Å². The van der Waals surface area contributed by atoms with Gasteiger partial charge in [0, 0.05) is 12.1 Å². The molecule has 1 rings (SSSR count). The lowest BCUT2D eigenvalue weighted by atomic mass is 10.2. The molecule has 0 bridgehead atoms. The molecule has 1 N–H and O–H groups in total. The number of aliphatic carboxylic acids is 1. The molecule has 0 saturated carbocycles. The van der Waals surface area contributed by atoms with E-state index >= 15 is 0 Å². The van der Waals surface area contributed by atoms with E-state index in [0.717, 1.165) is 12.1 Å². The normalized spacial score (nSPS) is 11.7. The Labute approximate surface area is 110 Å². The molecule has 0 spiro atoms. The van der Waals surface area contributed by atoms with Gasteiger partial charge in [0.1, 0.15) is 5.75 Å². The van der Waals surface area contributed by atoms with Crippen LogP contribution in [0, 0.1) is 16.0 Å². The highest BCUT2D eigenvalue weighted by Crippen LogP contribution is 2.29. The summed E-state index contributed by atoms with van der Waals surface area (Å²) in [5.74, 6) is -3.54. The molecule has 0 aromatic heterocycles. The van der Waals surface area contributed by atoms with Crippen LogP contribution in [0.5, 0.6) is 5.75 Å². The van der Waals surface area contributed by atoms with Crippen LogP contribution in [-0.4, -0.2) is 22.0 Å². The first kappa shape index (κ1) is 14.1. The van der Waals surface area contributed by atoms with Crippen LogP contribution in [0.2, 0.25) is 0 Å². The fourth-order valence-corrected chi connectivity index (χ4v) is 1.43. The number of benzene rings is 1. The van der Waals surface area contributed by atoms with E-state index in [1.165, 1.54) is 13.0 Å². The molecule has 1 unspecified atom stereocenters. The standard InChI is InChI=1S/C10H8BrNO6/c1-5(9(13)14)10(15)18-8-3-2-6(12(16)17)4-7(8)11/h2-5H,1H3,(H,13,14). The van der Waals surface area contributed by atoms with E-state index in [0.29, 0.717) is 0 Å². The molecular weight excluding hydrogens is 310 g/mol. The number of non-ortho nitro benzene ring substituents is 1. The second-order valence-corrected chi connectivity index (χ2v) is 4.21. The number of esters is 1. The van der Waals surface area contributed by atoms with Crippen LogP contribution >= 0.6 is 15.9 Å². The molecule has 7 nitrogen and oxygen atoms in total. The van der Waals surface area contributed by atoms with Gasteiger partial charge in [-0.05, 0) is 28.9 Å². The summed E-state index contributed by atoms with van der Waals surface area (Å²) in [5.41, 5.74) is -0.173. The van der Waals surface area contributed by atoms with Gasteiger partial charge in [-0.3, -0.25) is 19.7 Å². The van der Waals surface area contributed by atoms with E-state index in [-0.39, 0.29) is 15.9 Å². The van der Waals surface area contributed by atoms with Gasteiger partial charge in [0.05, 0.1) is 9.40 Å². The third kappa shape index (κ3) is 3.27. The summed E-state index contributed by atoms with van der Waals surface area (Å²) < 4.78 is 5.01. The van der Waals surface area contributed by atoms with Gasteiger partial charge in [0.2, 0.25) is 0 Å². The Kier molecular flexibility index (Phi) is 4.38. The van der Waals surface area contributed by atoms with Gasteiger partial charge >= 0.3 is 11.9 Å². The first-order chi connectivity index (χ1) is 8.32. The highest BCUT2D eigenvalue weighted by molar-refractivity contribution is 9.10. The first-order valence-electron chi connectivity index (χ1n) is 4.71. The van der Waals surface area contributed by atoms with E-state index < -0.39 is 22.8 Å². The van der Waals surface area contributed by atoms with Crippen molar-refractivity contribution < 1.29 is 24.4 Å². The van der Waals surface area contributed by atoms with E-state index in [2.05, 4.69) is 15.9 Å². The zero-order valence-electron chi connectivity index (χ0n) is 9.12. The minimum Gasteiger partial charge on any atom is -0.481 e. The Morgan fingerprint density at radius 1 is 1.50 bits per heavy atom. The maximum absolute atomic E-state index is 11.4. The lowest BCUT2D eigenvalue weighted by Gasteiger charge is -2.08. The van der Waals surface area contributed by atoms with Gasteiger partial charge in [-0.1, -0.05) is 0 Å². The molecule has 96 valence electrons. The lowest BCUT2D eigenvalue weighted by Crippen LogP contribution is -2.25. The molecule has 1 aromatic carbocycles. The summed E-state index contributed by atoms with van der Waals surface area (Å²) in [5, 5.41) is 19.1. The van der Waals surface area contributed by atoms with Crippen molar-refractivity contribution in [3.8, 4) is 5.75 Å². The molecule has 0 fully saturated rings. The number of carboxylic acid groups (broad SMARTS) is 1. The number of nitro benzene ring substituents is 1. The van der Waals surface area contributed by atoms with Crippen molar-refractivity contribution in [1.29, 1.82) is 0 Å². The van der Waals surface area contributed by atoms with Gasteiger partial charge in [0.25, 0.3) is 5.69 Å². The highest BCUT2D eigenvalue weighted by Gasteiger charge is 2.23. The van der Waals surface area contributed by atoms with Crippen molar-refractivity contribution >= 4 is 33.6 Å². The molecule has 1 atom stereocenters. The van der Waals surface area contributed by atoms with Crippen molar-refractivity contribution in [2.75, 3.05) is 0 Å². The van der Waals surface area contributed by atoms with Crippen LogP contribution in [0.3, 0.4) is 0 Å². The van der Waals surface area contributed by atoms with Gasteiger partial charge in [0.15, 0.2) is 5.92 Å². The summed E-state index contributed by atoms with van der Waals surface area (Å²) in [7, 11) is 0. The molecule has 0 aliphatic heterocycles. The minimum atomic E-state index is -1.31. The predicted molar refractivity (Wildman–Crippen MR) is 63.2 cm³/mol. The Morgan fingerprint density at radius 3 is 2.56 bits per heavy atom. The number of halogens is 1. The number of nitrogens with zero attached hydrogens (tertiary/aromatic N) is 1. The fraction of sp³-hybridized carbons (Fsp3) is 0.200. The van der Waals surface area contributed by atoms with E-state index in [9.17, 15) is 19.7 Å². The summed E-state index contributed by atoms with van der Waals surface area (Å²) in [6.07, 6.45) is 0. The largest absolute Gasteiger partial charge is 0.481 e. The van der Waals surface area contributed by atoms with Crippen molar-refractivity contribution in [2.45, 2.75) is 6.92 Å². The second-order valence-electron chi connectivity index (χ2n) is 3.35. The summed E-state index contributed by atoms with van der Waals surface area (Å²) in [6, 6.07) is 3.53. The van der Waals surface area contributed by atoms with Gasteiger partial charge in [-0.2, -0.15) is 0 Å². The lowest BCUT2D eigenvalue weighted by molar-refractivity contribution is -0.385. The molecule has 0 radical (unpaired) electrons. The molecule has 18 heavy (non-hydrogen) atoms. The average Bonchev–Trinajstić information content (AvgIpc) is 2.30. The third-order valence-corrected chi connectivity index (χ3v) is 2.68. The van der Waals surface area contributed by atoms with E-state index in [1.807, 2.05) is 0 Å². The Hall–Kier alpha value is -1.96.